The highest BCUT2D eigenvalue weighted by Crippen LogP contribution is 2.17. The average Bonchev–Trinajstić information content (AvgIpc) is 2.38. The molecule has 3 atom stereocenters. The number of nitrogens with zero attached hydrogens (tertiary/aromatic N) is 1. The second kappa shape index (κ2) is 8.39. The SMILES string of the molecule is CCSCCN1CC(C(C)CC)NCC1CC. The normalized spacial score (nSPS) is 28.2. The van der Waals surface area contributed by atoms with Gasteiger partial charge in [0.2, 0.25) is 0 Å². The minimum atomic E-state index is 0.703. The van der Waals surface area contributed by atoms with Crippen LogP contribution in [0.25, 0.3) is 0 Å². The topological polar surface area (TPSA) is 15.3 Å². The lowest BCUT2D eigenvalue weighted by molar-refractivity contribution is 0.113. The van der Waals surface area contributed by atoms with Gasteiger partial charge in [0.1, 0.15) is 0 Å². The second-order valence-corrected chi connectivity index (χ2v) is 6.55. The maximum Gasteiger partial charge on any atom is 0.0221 e. The van der Waals surface area contributed by atoms with Crippen LogP contribution in [0.4, 0.5) is 0 Å². The smallest absolute Gasteiger partial charge is 0.0221 e. The van der Waals surface area contributed by atoms with Crippen LogP contribution in [0.3, 0.4) is 0 Å². The van der Waals surface area contributed by atoms with Gasteiger partial charge in [0.15, 0.2) is 0 Å². The number of rotatable bonds is 7. The van der Waals surface area contributed by atoms with Gasteiger partial charge in [-0.3, -0.25) is 4.90 Å². The molecule has 1 rings (SSSR count). The van der Waals surface area contributed by atoms with E-state index in [1.165, 1.54) is 44.0 Å². The molecular weight excluding hydrogens is 228 g/mol. The summed E-state index contributed by atoms with van der Waals surface area (Å²) < 4.78 is 0. The monoisotopic (exact) mass is 258 g/mol. The van der Waals surface area contributed by atoms with Gasteiger partial charge in [-0.1, -0.05) is 34.1 Å². The van der Waals surface area contributed by atoms with Crippen LogP contribution < -0.4 is 5.32 Å². The van der Waals surface area contributed by atoms with E-state index in [0.29, 0.717) is 6.04 Å². The molecule has 1 fully saturated rings. The van der Waals surface area contributed by atoms with Gasteiger partial charge in [-0.25, -0.2) is 0 Å². The predicted molar refractivity (Wildman–Crippen MR) is 79.9 cm³/mol. The highest BCUT2D eigenvalue weighted by Gasteiger charge is 2.28. The van der Waals surface area contributed by atoms with E-state index in [-0.39, 0.29) is 0 Å². The molecule has 1 heterocycles. The van der Waals surface area contributed by atoms with Crippen LogP contribution in [0, 0.1) is 5.92 Å². The molecule has 102 valence electrons. The Morgan fingerprint density at radius 2 is 2.12 bits per heavy atom. The van der Waals surface area contributed by atoms with Crippen LogP contribution in [0.5, 0.6) is 0 Å². The lowest BCUT2D eigenvalue weighted by Gasteiger charge is -2.42. The molecule has 0 aromatic rings. The minimum Gasteiger partial charge on any atom is -0.311 e. The van der Waals surface area contributed by atoms with Gasteiger partial charge >= 0.3 is 0 Å². The van der Waals surface area contributed by atoms with Gasteiger partial charge in [0.25, 0.3) is 0 Å². The number of piperazine rings is 1. The van der Waals surface area contributed by atoms with Gasteiger partial charge in [-0.15, -0.1) is 0 Å². The fourth-order valence-electron chi connectivity index (χ4n) is 2.55. The molecule has 0 aromatic carbocycles. The van der Waals surface area contributed by atoms with Gasteiger partial charge in [-0.05, 0) is 18.1 Å². The molecule has 0 amide bonds. The molecule has 0 aromatic heterocycles. The minimum absolute atomic E-state index is 0.703. The lowest BCUT2D eigenvalue weighted by Crippen LogP contribution is -2.58. The fraction of sp³-hybridized carbons (Fsp3) is 1.00. The van der Waals surface area contributed by atoms with Crippen molar-refractivity contribution in [1.29, 1.82) is 0 Å². The summed E-state index contributed by atoms with van der Waals surface area (Å²) >= 11 is 2.07. The van der Waals surface area contributed by atoms with Crippen molar-refractivity contribution in [3.8, 4) is 0 Å². The zero-order valence-electron chi connectivity index (χ0n) is 12.0. The van der Waals surface area contributed by atoms with Crippen LogP contribution in [-0.2, 0) is 0 Å². The van der Waals surface area contributed by atoms with Crippen molar-refractivity contribution in [2.45, 2.75) is 52.6 Å². The van der Waals surface area contributed by atoms with E-state index < -0.39 is 0 Å². The molecule has 17 heavy (non-hydrogen) atoms. The summed E-state index contributed by atoms with van der Waals surface area (Å²) in [4.78, 5) is 2.72. The Morgan fingerprint density at radius 3 is 2.71 bits per heavy atom. The maximum atomic E-state index is 3.74. The van der Waals surface area contributed by atoms with Crippen LogP contribution in [0.1, 0.15) is 40.5 Å². The van der Waals surface area contributed by atoms with Crippen molar-refractivity contribution in [2.75, 3.05) is 31.1 Å². The van der Waals surface area contributed by atoms with Crippen LogP contribution in [0.15, 0.2) is 0 Å². The standard InChI is InChI=1S/C14H30N2S/c1-5-12(4)14-11-16(8-9-17-7-3)13(6-2)10-15-14/h12-15H,5-11H2,1-4H3. The molecule has 1 aliphatic heterocycles. The average molecular weight is 258 g/mol. The first-order valence-electron chi connectivity index (χ1n) is 7.28. The first-order valence-corrected chi connectivity index (χ1v) is 8.43. The Morgan fingerprint density at radius 1 is 1.35 bits per heavy atom. The molecule has 1 saturated heterocycles. The van der Waals surface area contributed by atoms with Crippen LogP contribution >= 0.6 is 11.8 Å². The molecule has 2 nitrogen and oxygen atoms in total. The molecular formula is C14H30N2S. The van der Waals surface area contributed by atoms with E-state index in [9.17, 15) is 0 Å². The van der Waals surface area contributed by atoms with Crippen molar-refractivity contribution in [3.63, 3.8) is 0 Å². The molecule has 0 aliphatic carbocycles. The highest BCUT2D eigenvalue weighted by atomic mass is 32.2. The van der Waals surface area contributed by atoms with E-state index in [1.54, 1.807) is 0 Å². The summed E-state index contributed by atoms with van der Waals surface area (Å²) in [6, 6.07) is 1.46. The first-order chi connectivity index (χ1) is 8.22. The maximum absolute atomic E-state index is 3.74. The van der Waals surface area contributed by atoms with Gasteiger partial charge in [0.05, 0.1) is 0 Å². The van der Waals surface area contributed by atoms with Crippen molar-refractivity contribution < 1.29 is 0 Å². The zero-order chi connectivity index (χ0) is 12.7. The molecule has 0 radical (unpaired) electrons. The number of nitrogens with one attached hydrogen (secondary N) is 1. The number of hydrogen-bond donors (Lipinski definition) is 1. The Balaban J connectivity index is 2.43. The molecule has 1 N–H and O–H groups in total. The van der Waals surface area contributed by atoms with Crippen molar-refractivity contribution >= 4 is 11.8 Å². The Kier molecular flexibility index (Phi) is 7.56. The van der Waals surface area contributed by atoms with Gasteiger partial charge in [0, 0.05) is 37.5 Å². The van der Waals surface area contributed by atoms with Crippen LogP contribution in [0.2, 0.25) is 0 Å². The quantitative estimate of drug-likeness (QED) is 0.707. The zero-order valence-corrected chi connectivity index (χ0v) is 12.9. The second-order valence-electron chi connectivity index (χ2n) is 5.15. The van der Waals surface area contributed by atoms with Crippen molar-refractivity contribution in [1.82, 2.24) is 10.2 Å². The van der Waals surface area contributed by atoms with Crippen LogP contribution in [-0.4, -0.2) is 48.1 Å². The Labute approximate surface area is 112 Å². The molecule has 0 saturated carbocycles. The molecule has 1 aliphatic rings. The Bertz CT molecular complexity index is 199. The van der Waals surface area contributed by atoms with Crippen molar-refractivity contribution in [2.24, 2.45) is 5.92 Å². The van der Waals surface area contributed by atoms with Gasteiger partial charge < -0.3 is 5.32 Å². The third-order valence-corrected chi connectivity index (χ3v) is 4.97. The Hall–Kier alpha value is 0.270. The van der Waals surface area contributed by atoms with Crippen molar-refractivity contribution in [3.05, 3.63) is 0 Å². The molecule has 3 heteroatoms. The van der Waals surface area contributed by atoms with E-state index in [0.717, 1.165) is 12.0 Å². The summed E-state index contributed by atoms with van der Waals surface area (Å²) in [6.45, 7) is 12.9. The predicted octanol–water partition coefficient (Wildman–Crippen LogP) is 2.84. The molecule has 0 spiro atoms. The summed E-state index contributed by atoms with van der Waals surface area (Å²) in [5.41, 5.74) is 0. The van der Waals surface area contributed by atoms with Gasteiger partial charge in [-0.2, -0.15) is 11.8 Å². The number of thioether (sulfide) groups is 1. The van der Waals surface area contributed by atoms with E-state index >= 15 is 0 Å². The summed E-state index contributed by atoms with van der Waals surface area (Å²) in [6.07, 6.45) is 2.56. The largest absolute Gasteiger partial charge is 0.311 e. The summed E-state index contributed by atoms with van der Waals surface area (Å²) in [5, 5.41) is 3.74. The fourth-order valence-corrected chi connectivity index (χ4v) is 3.20. The molecule has 3 unspecified atom stereocenters. The van der Waals surface area contributed by atoms with E-state index in [4.69, 9.17) is 0 Å². The highest BCUT2D eigenvalue weighted by molar-refractivity contribution is 7.99. The lowest BCUT2D eigenvalue weighted by atomic mass is 9.95. The summed E-state index contributed by atoms with van der Waals surface area (Å²) in [7, 11) is 0. The van der Waals surface area contributed by atoms with E-state index in [2.05, 4.69) is 49.7 Å². The van der Waals surface area contributed by atoms with E-state index in [1.807, 2.05) is 0 Å². The molecule has 0 bridgehead atoms. The third kappa shape index (κ3) is 4.80. The third-order valence-electron chi connectivity index (χ3n) is 4.09. The number of hydrogen-bond acceptors (Lipinski definition) is 3. The first kappa shape index (κ1) is 15.3. The summed E-state index contributed by atoms with van der Waals surface area (Å²) in [5.74, 6) is 3.34.